The van der Waals surface area contributed by atoms with Crippen molar-refractivity contribution in [1.29, 1.82) is 0 Å². The first-order chi connectivity index (χ1) is 12.5. The molecule has 0 fully saturated rings. The fraction of sp³-hybridized carbons (Fsp3) is 0.118. The molecule has 0 bridgehead atoms. The maximum absolute atomic E-state index is 13.6. The Balaban J connectivity index is 1.65. The summed E-state index contributed by atoms with van der Waals surface area (Å²) >= 11 is 1.49. The number of carbonyl (C=O) groups excluding carboxylic acids is 2. The molecule has 2 amide bonds. The Morgan fingerprint density at radius 1 is 1.19 bits per heavy atom. The van der Waals surface area contributed by atoms with Crippen LogP contribution in [0.4, 0.5) is 14.5 Å². The van der Waals surface area contributed by atoms with Crippen molar-refractivity contribution in [2.24, 2.45) is 0 Å². The molecule has 1 unspecified atom stereocenters. The number of amides is 2. The van der Waals surface area contributed by atoms with Crippen LogP contribution >= 0.6 is 11.3 Å². The van der Waals surface area contributed by atoms with Gasteiger partial charge in [-0.1, -0.05) is 6.07 Å². The molecule has 26 heavy (non-hydrogen) atoms. The van der Waals surface area contributed by atoms with Crippen LogP contribution in [0.25, 0.3) is 0 Å². The van der Waals surface area contributed by atoms with Gasteiger partial charge in [-0.15, -0.1) is 11.3 Å². The molecule has 134 valence electrons. The minimum absolute atomic E-state index is 0.111. The second-order valence-corrected chi connectivity index (χ2v) is 6.28. The zero-order valence-corrected chi connectivity index (χ0v) is 14.2. The Morgan fingerprint density at radius 2 is 2.04 bits per heavy atom. The molecule has 9 heteroatoms. The molecule has 0 spiro atoms. The van der Waals surface area contributed by atoms with E-state index >= 15 is 0 Å². The van der Waals surface area contributed by atoms with E-state index in [4.69, 9.17) is 0 Å². The summed E-state index contributed by atoms with van der Waals surface area (Å²) in [5.74, 6) is -3.60. The molecule has 2 N–H and O–H groups in total. The number of anilines is 1. The fourth-order valence-corrected chi connectivity index (χ4v) is 3.13. The summed E-state index contributed by atoms with van der Waals surface area (Å²) in [5.41, 5.74) is -0.396. The van der Waals surface area contributed by atoms with E-state index in [-0.39, 0.29) is 12.6 Å². The van der Waals surface area contributed by atoms with Crippen molar-refractivity contribution < 1.29 is 18.4 Å². The summed E-state index contributed by atoms with van der Waals surface area (Å²) in [6.07, 6.45) is 3.36. The number of benzene rings is 1. The Hall–Kier alpha value is -3.07. The van der Waals surface area contributed by atoms with Crippen LogP contribution in [0.5, 0.6) is 0 Å². The van der Waals surface area contributed by atoms with Crippen LogP contribution in [-0.2, 0) is 9.59 Å². The second-order valence-electron chi connectivity index (χ2n) is 5.31. The smallest absolute Gasteiger partial charge is 0.313 e. The van der Waals surface area contributed by atoms with E-state index in [0.717, 1.165) is 23.1 Å². The minimum atomic E-state index is -1.08. The van der Waals surface area contributed by atoms with Gasteiger partial charge in [0, 0.05) is 29.9 Å². The SMILES string of the molecule is O=C(NCC(c1cccs1)n1cccn1)C(=O)Nc1cc(F)ccc1F. The Labute approximate surface area is 151 Å². The van der Waals surface area contributed by atoms with Crippen LogP contribution in [-0.4, -0.2) is 28.1 Å². The maximum Gasteiger partial charge on any atom is 0.313 e. The van der Waals surface area contributed by atoms with Crippen molar-refractivity contribution in [2.45, 2.75) is 6.04 Å². The number of nitrogens with zero attached hydrogens (tertiary/aromatic N) is 2. The fourth-order valence-electron chi connectivity index (χ4n) is 2.31. The monoisotopic (exact) mass is 376 g/mol. The molecule has 0 saturated carbocycles. The van der Waals surface area contributed by atoms with Gasteiger partial charge in [0.2, 0.25) is 0 Å². The standard InChI is InChI=1S/C17H14F2N4O2S/c18-11-4-5-12(19)13(9-11)22-17(25)16(24)20-10-14(15-3-1-8-26-15)23-7-2-6-21-23/h1-9,14H,10H2,(H,20,24)(H,22,25). The van der Waals surface area contributed by atoms with Crippen molar-refractivity contribution in [3.63, 3.8) is 0 Å². The van der Waals surface area contributed by atoms with Gasteiger partial charge < -0.3 is 10.6 Å². The van der Waals surface area contributed by atoms with Crippen LogP contribution in [0.15, 0.2) is 54.2 Å². The first-order valence-electron chi connectivity index (χ1n) is 7.61. The molecule has 1 aromatic carbocycles. The first-order valence-corrected chi connectivity index (χ1v) is 8.49. The van der Waals surface area contributed by atoms with E-state index in [2.05, 4.69) is 15.7 Å². The molecular formula is C17H14F2N4O2S. The number of aromatic nitrogens is 2. The molecule has 2 aromatic heterocycles. The van der Waals surface area contributed by atoms with Gasteiger partial charge in [-0.05, 0) is 29.6 Å². The highest BCUT2D eigenvalue weighted by molar-refractivity contribution is 7.10. The van der Waals surface area contributed by atoms with Gasteiger partial charge in [-0.2, -0.15) is 5.10 Å². The third-order valence-corrected chi connectivity index (χ3v) is 4.53. The molecule has 0 saturated heterocycles. The molecule has 0 aliphatic carbocycles. The topological polar surface area (TPSA) is 76.0 Å². The second kappa shape index (κ2) is 7.87. The van der Waals surface area contributed by atoms with E-state index in [1.54, 1.807) is 23.1 Å². The average molecular weight is 376 g/mol. The molecule has 2 heterocycles. The number of hydrogen-bond acceptors (Lipinski definition) is 4. The van der Waals surface area contributed by atoms with Crippen molar-refractivity contribution >= 4 is 28.8 Å². The largest absolute Gasteiger partial charge is 0.345 e. The third kappa shape index (κ3) is 4.12. The highest BCUT2D eigenvalue weighted by Gasteiger charge is 2.20. The van der Waals surface area contributed by atoms with Crippen LogP contribution in [0.1, 0.15) is 10.9 Å². The lowest BCUT2D eigenvalue weighted by molar-refractivity contribution is -0.136. The van der Waals surface area contributed by atoms with E-state index in [9.17, 15) is 18.4 Å². The third-order valence-electron chi connectivity index (χ3n) is 3.55. The summed E-state index contributed by atoms with van der Waals surface area (Å²) in [4.78, 5) is 24.9. The lowest BCUT2D eigenvalue weighted by atomic mass is 10.2. The zero-order chi connectivity index (χ0) is 18.5. The molecular weight excluding hydrogens is 362 g/mol. The summed E-state index contributed by atoms with van der Waals surface area (Å²) in [6.45, 7) is 0.111. The molecule has 6 nitrogen and oxygen atoms in total. The van der Waals surface area contributed by atoms with Crippen molar-refractivity contribution in [2.75, 3.05) is 11.9 Å². The Kier molecular flexibility index (Phi) is 5.37. The van der Waals surface area contributed by atoms with Crippen molar-refractivity contribution in [3.05, 3.63) is 70.7 Å². The highest BCUT2D eigenvalue weighted by Crippen LogP contribution is 2.22. The van der Waals surface area contributed by atoms with Crippen molar-refractivity contribution in [1.82, 2.24) is 15.1 Å². The number of rotatable bonds is 5. The number of thiophene rings is 1. The van der Waals surface area contributed by atoms with E-state index in [1.807, 2.05) is 17.5 Å². The van der Waals surface area contributed by atoms with Gasteiger partial charge in [0.05, 0.1) is 5.69 Å². The van der Waals surface area contributed by atoms with Gasteiger partial charge in [0.15, 0.2) is 0 Å². The minimum Gasteiger partial charge on any atom is -0.345 e. The number of halogens is 2. The number of nitrogens with one attached hydrogen (secondary N) is 2. The lowest BCUT2D eigenvalue weighted by Gasteiger charge is -2.17. The van der Waals surface area contributed by atoms with Crippen LogP contribution in [0, 0.1) is 11.6 Å². The quantitative estimate of drug-likeness (QED) is 0.672. The normalized spacial score (nSPS) is 11.8. The van der Waals surface area contributed by atoms with E-state index in [0.29, 0.717) is 0 Å². The Bertz CT molecular complexity index is 863. The highest BCUT2D eigenvalue weighted by atomic mass is 32.1. The van der Waals surface area contributed by atoms with E-state index in [1.165, 1.54) is 11.3 Å². The maximum atomic E-state index is 13.6. The average Bonchev–Trinajstić information content (AvgIpc) is 3.32. The predicted molar refractivity (Wildman–Crippen MR) is 92.7 cm³/mol. The lowest BCUT2D eigenvalue weighted by Crippen LogP contribution is -2.39. The molecule has 3 rings (SSSR count). The van der Waals surface area contributed by atoms with Gasteiger partial charge in [-0.25, -0.2) is 8.78 Å². The molecule has 1 atom stereocenters. The van der Waals surface area contributed by atoms with E-state index < -0.39 is 29.1 Å². The molecule has 0 aliphatic heterocycles. The number of hydrogen-bond donors (Lipinski definition) is 2. The van der Waals surface area contributed by atoms with Crippen LogP contribution in [0.3, 0.4) is 0 Å². The first kappa shape index (κ1) is 17.7. The van der Waals surface area contributed by atoms with Gasteiger partial charge in [0.1, 0.15) is 17.7 Å². The molecule has 0 radical (unpaired) electrons. The Morgan fingerprint density at radius 3 is 2.73 bits per heavy atom. The van der Waals surface area contributed by atoms with Gasteiger partial charge >= 0.3 is 11.8 Å². The summed E-state index contributed by atoms with van der Waals surface area (Å²) < 4.78 is 28.4. The molecule has 3 aromatic rings. The molecule has 0 aliphatic rings. The zero-order valence-electron chi connectivity index (χ0n) is 13.4. The van der Waals surface area contributed by atoms with Gasteiger partial charge in [0.25, 0.3) is 0 Å². The van der Waals surface area contributed by atoms with Gasteiger partial charge in [-0.3, -0.25) is 14.3 Å². The summed E-state index contributed by atoms with van der Waals surface area (Å²) in [7, 11) is 0. The summed E-state index contributed by atoms with van der Waals surface area (Å²) in [5, 5.41) is 10.6. The van der Waals surface area contributed by atoms with Crippen molar-refractivity contribution in [3.8, 4) is 0 Å². The van der Waals surface area contributed by atoms with Crippen LogP contribution in [0.2, 0.25) is 0 Å². The number of carbonyl (C=O) groups is 2. The summed E-state index contributed by atoms with van der Waals surface area (Å²) in [6, 6.07) is 7.82. The predicted octanol–water partition coefficient (Wildman–Crippen LogP) is 2.57. The van der Waals surface area contributed by atoms with Crippen LogP contribution < -0.4 is 10.6 Å².